The smallest absolute Gasteiger partial charge is 0.132 e. The van der Waals surface area contributed by atoms with Gasteiger partial charge in [-0.1, -0.05) is 28.1 Å². The second-order valence-electron chi connectivity index (χ2n) is 3.66. The summed E-state index contributed by atoms with van der Waals surface area (Å²) in [4.78, 5) is 10.8. The van der Waals surface area contributed by atoms with Crippen LogP contribution in [0.3, 0.4) is 0 Å². The minimum Gasteiger partial charge on any atom is -0.373 e. The molecule has 0 amide bonds. The third-order valence-electron chi connectivity index (χ3n) is 2.00. The first kappa shape index (κ1) is 12.4. The molecule has 0 spiro atoms. The van der Waals surface area contributed by atoms with Crippen molar-refractivity contribution in [2.45, 2.75) is 33.0 Å². The van der Waals surface area contributed by atoms with Crippen molar-refractivity contribution in [2.24, 2.45) is 0 Å². The summed E-state index contributed by atoms with van der Waals surface area (Å²) in [5, 5.41) is 0. The fraction of sp³-hybridized carbons (Fsp3) is 0.417. The fourth-order valence-electron chi connectivity index (χ4n) is 1.33. The van der Waals surface area contributed by atoms with Crippen molar-refractivity contribution in [3.63, 3.8) is 0 Å². The van der Waals surface area contributed by atoms with Gasteiger partial charge in [-0.3, -0.25) is 4.79 Å². The van der Waals surface area contributed by atoms with Gasteiger partial charge in [-0.25, -0.2) is 0 Å². The SMILES string of the molecule is CC(=O)CC(C)OCc1cccc(Br)c1. The maximum atomic E-state index is 10.8. The van der Waals surface area contributed by atoms with E-state index in [-0.39, 0.29) is 11.9 Å². The molecular formula is C12H15BrO2. The Morgan fingerprint density at radius 2 is 2.27 bits per heavy atom. The number of carbonyl (C=O) groups excluding carboxylic acids is 1. The summed E-state index contributed by atoms with van der Waals surface area (Å²) in [6.45, 7) is 4.05. The standard InChI is InChI=1S/C12H15BrO2/c1-9(14)6-10(2)15-8-11-4-3-5-12(13)7-11/h3-5,7,10H,6,8H2,1-2H3. The van der Waals surface area contributed by atoms with Crippen LogP contribution in [-0.4, -0.2) is 11.9 Å². The van der Waals surface area contributed by atoms with E-state index in [0.717, 1.165) is 10.0 Å². The van der Waals surface area contributed by atoms with Gasteiger partial charge in [-0.15, -0.1) is 0 Å². The number of Topliss-reactive ketones (excluding diaryl/α,β-unsaturated/α-hetero) is 1. The van der Waals surface area contributed by atoms with Crippen LogP contribution in [0.2, 0.25) is 0 Å². The van der Waals surface area contributed by atoms with E-state index in [0.29, 0.717) is 13.0 Å². The second-order valence-corrected chi connectivity index (χ2v) is 4.57. The number of rotatable bonds is 5. The molecule has 1 rings (SSSR count). The third kappa shape index (κ3) is 5.09. The van der Waals surface area contributed by atoms with E-state index >= 15 is 0 Å². The number of ketones is 1. The Morgan fingerprint density at radius 3 is 2.87 bits per heavy atom. The Bertz CT molecular complexity index is 336. The molecule has 1 aromatic rings. The number of hydrogen-bond donors (Lipinski definition) is 0. The number of ether oxygens (including phenoxy) is 1. The lowest BCUT2D eigenvalue weighted by molar-refractivity contribution is -0.119. The molecular weight excluding hydrogens is 256 g/mol. The van der Waals surface area contributed by atoms with E-state index in [1.807, 2.05) is 31.2 Å². The largest absolute Gasteiger partial charge is 0.373 e. The van der Waals surface area contributed by atoms with E-state index in [1.54, 1.807) is 6.92 Å². The van der Waals surface area contributed by atoms with E-state index in [1.165, 1.54) is 0 Å². The predicted molar refractivity (Wildman–Crippen MR) is 63.7 cm³/mol. The summed E-state index contributed by atoms with van der Waals surface area (Å²) in [6, 6.07) is 7.96. The summed E-state index contributed by atoms with van der Waals surface area (Å²) < 4.78 is 6.60. The van der Waals surface area contributed by atoms with Crippen molar-refractivity contribution in [3.8, 4) is 0 Å². The summed E-state index contributed by atoms with van der Waals surface area (Å²) in [6.07, 6.45) is 0.468. The monoisotopic (exact) mass is 270 g/mol. The maximum Gasteiger partial charge on any atom is 0.132 e. The molecule has 15 heavy (non-hydrogen) atoms. The quantitative estimate of drug-likeness (QED) is 0.821. The molecule has 1 atom stereocenters. The van der Waals surface area contributed by atoms with E-state index < -0.39 is 0 Å². The predicted octanol–water partition coefficient (Wildman–Crippen LogP) is 3.33. The molecule has 0 N–H and O–H groups in total. The molecule has 0 saturated carbocycles. The lowest BCUT2D eigenvalue weighted by atomic mass is 10.2. The lowest BCUT2D eigenvalue weighted by Crippen LogP contribution is -2.12. The van der Waals surface area contributed by atoms with Crippen LogP contribution in [0.1, 0.15) is 25.8 Å². The average Bonchev–Trinajstić information content (AvgIpc) is 2.14. The average molecular weight is 271 g/mol. The highest BCUT2D eigenvalue weighted by molar-refractivity contribution is 9.10. The molecule has 0 heterocycles. The Morgan fingerprint density at radius 1 is 1.53 bits per heavy atom. The number of hydrogen-bond acceptors (Lipinski definition) is 2. The molecule has 0 bridgehead atoms. The molecule has 82 valence electrons. The normalized spacial score (nSPS) is 12.5. The molecule has 0 fully saturated rings. The Balaban J connectivity index is 2.40. The van der Waals surface area contributed by atoms with Crippen molar-refractivity contribution in [2.75, 3.05) is 0 Å². The van der Waals surface area contributed by atoms with Gasteiger partial charge in [0, 0.05) is 10.9 Å². The van der Waals surface area contributed by atoms with Gasteiger partial charge in [0.2, 0.25) is 0 Å². The van der Waals surface area contributed by atoms with Crippen LogP contribution in [-0.2, 0) is 16.1 Å². The first-order valence-electron chi connectivity index (χ1n) is 4.93. The van der Waals surface area contributed by atoms with Crippen LogP contribution in [0.4, 0.5) is 0 Å². The second kappa shape index (κ2) is 6.03. The maximum absolute atomic E-state index is 10.8. The molecule has 0 aromatic heterocycles. The highest BCUT2D eigenvalue weighted by atomic mass is 79.9. The van der Waals surface area contributed by atoms with Gasteiger partial charge < -0.3 is 4.74 Å². The molecule has 1 aromatic carbocycles. The molecule has 1 unspecified atom stereocenters. The minimum absolute atomic E-state index is 0.0125. The van der Waals surface area contributed by atoms with Crippen LogP contribution in [0.5, 0.6) is 0 Å². The van der Waals surface area contributed by atoms with Gasteiger partial charge in [0.25, 0.3) is 0 Å². The molecule has 0 saturated heterocycles. The lowest BCUT2D eigenvalue weighted by Gasteiger charge is -2.11. The van der Waals surface area contributed by atoms with Crippen LogP contribution < -0.4 is 0 Å². The van der Waals surface area contributed by atoms with Crippen molar-refractivity contribution >= 4 is 21.7 Å². The molecule has 0 radical (unpaired) electrons. The van der Waals surface area contributed by atoms with Crippen LogP contribution in [0.25, 0.3) is 0 Å². The van der Waals surface area contributed by atoms with Gasteiger partial charge in [0.15, 0.2) is 0 Å². The molecule has 0 aliphatic carbocycles. The van der Waals surface area contributed by atoms with E-state index in [2.05, 4.69) is 15.9 Å². The van der Waals surface area contributed by atoms with Gasteiger partial charge >= 0.3 is 0 Å². The van der Waals surface area contributed by atoms with Crippen molar-refractivity contribution in [3.05, 3.63) is 34.3 Å². The number of benzene rings is 1. The van der Waals surface area contributed by atoms with E-state index in [4.69, 9.17) is 4.74 Å². The van der Waals surface area contributed by atoms with E-state index in [9.17, 15) is 4.79 Å². The molecule has 2 nitrogen and oxygen atoms in total. The van der Waals surface area contributed by atoms with Crippen LogP contribution in [0.15, 0.2) is 28.7 Å². The summed E-state index contributed by atoms with van der Waals surface area (Å²) in [5.41, 5.74) is 1.11. The van der Waals surface area contributed by atoms with Crippen molar-refractivity contribution in [1.82, 2.24) is 0 Å². The first-order valence-corrected chi connectivity index (χ1v) is 5.72. The molecule has 0 aliphatic rings. The minimum atomic E-state index is -0.0125. The number of carbonyl (C=O) groups is 1. The van der Waals surface area contributed by atoms with Crippen LogP contribution in [0, 0.1) is 0 Å². The summed E-state index contributed by atoms with van der Waals surface area (Å²) in [7, 11) is 0. The molecule has 0 aliphatic heterocycles. The zero-order valence-electron chi connectivity index (χ0n) is 9.00. The topological polar surface area (TPSA) is 26.3 Å². The highest BCUT2D eigenvalue weighted by Crippen LogP contribution is 2.13. The Labute approximate surface area is 98.8 Å². The summed E-state index contributed by atoms with van der Waals surface area (Å²) in [5.74, 6) is 0.164. The Kier molecular flexibility index (Phi) is 4.99. The van der Waals surface area contributed by atoms with Gasteiger partial charge in [0.05, 0.1) is 12.7 Å². The van der Waals surface area contributed by atoms with Gasteiger partial charge in [-0.05, 0) is 31.5 Å². The van der Waals surface area contributed by atoms with Crippen LogP contribution >= 0.6 is 15.9 Å². The molecule has 3 heteroatoms. The van der Waals surface area contributed by atoms with Crippen molar-refractivity contribution < 1.29 is 9.53 Å². The fourth-order valence-corrected chi connectivity index (χ4v) is 1.78. The third-order valence-corrected chi connectivity index (χ3v) is 2.49. The first-order chi connectivity index (χ1) is 7.08. The van der Waals surface area contributed by atoms with Gasteiger partial charge in [-0.2, -0.15) is 0 Å². The zero-order valence-corrected chi connectivity index (χ0v) is 10.6. The van der Waals surface area contributed by atoms with Crippen molar-refractivity contribution in [1.29, 1.82) is 0 Å². The summed E-state index contributed by atoms with van der Waals surface area (Å²) >= 11 is 3.40. The Hall–Kier alpha value is -0.670. The zero-order chi connectivity index (χ0) is 11.3. The van der Waals surface area contributed by atoms with Gasteiger partial charge in [0.1, 0.15) is 5.78 Å². The number of halogens is 1. The highest BCUT2D eigenvalue weighted by Gasteiger charge is 2.05.